The number of nitrogens with zero attached hydrogens (tertiary/aromatic N) is 1. The van der Waals surface area contributed by atoms with Gasteiger partial charge in [0.25, 0.3) is 0 Å². The quantitative estimate of drug-likeness (QED) is 0.107. The molecule has 1 fully saturated rings. The van der Waals surface area contributed by atoms with Gasteiger partial charge in [0.1, 0.15) is 12.0 Å². The Morgan fingerprint density at radius 1 is 0.944 bits per heavy atom. The van der Waals surface area contributed by atoms with E-state index in [1.165, 1.54) is 0 Å². The third-order valence-electron chi connectivity index (χ3n) is 10.3. The van der Waals surface area contributed by atoms with Gasteiger partial charge in [-0.05, 0) is 56.9 Å². The van der Waals surface area contributed by atoms with Crippen LogP contribution in [-0.4, -0.2) is 72.3 Å². The maximum atomic E-state index is 14.0. The standard InChI is InChI=1S/C44H55NO9/c1-29(28-46)25-44(7,49-8)39(31(3)37-32(4)40(47)54-43(5,6)53-37)52-42-38(51-41(48)35-22-16-11-17-23-35)36(24-30(2)50-42)45(26-33-18-12-9-13-19-33)27-34-20-14-10-15-21-34/h9-23,28-31,36,38-39,42H,24-27H2,1-8H3/t29-,30?,31+,36?,38?,39-,42+,44-/m1/s1. The number of ether oxygens (including phenoxy) is 6. The summed E-state index contributed by atoms with van der Waals surface area (Å²) >= 11 is 0. The lowest BCUT2D eigenvalue weighted by atomic mass is 9.80. The van der Waals surface area contributed by atoms with E-state index < -0.39 is 53.7 Å². The molecule has 2 aliphatic rings. The average Bonchev–Trinajstić information content (AvgIpc) is 3.16. The normalized spacial score (nSPS) is 24.1. The monoisotopic (exact) mass is 741 g/mol. The number of esters is 2. The van der Waals surface area contributed by atoms with E-state index in [-0.39, 0.29) is 18.6 Å². The van der Waals surface area contributed by atoms with Crippen LogP contribution in [0, 0.1) is 11.8 Å². The summed E-state index contributed by atoms with van der Waals surface area (Å²) in [6, 6.07) is 28.9. The molecule has 0 radical (unpaired) electrons. The second kappa shape index (κ2) is 17.9. The van der Waals surface area contributed by atoms with Crippen molar-refractivity contribution in [1.29, 1.82) is 0 Å². The van der Waals surface area contributed by atoms with Crippen molar-refractivity contribution in [1.82, 2.24) is 4.90 Å². The molecule has 54 heavy (non-hydrogen) atoms. The Kier molecular flexibility index (Phi) is 13.5. The molecule has 0 amide bonds. The highest BCUT2D eigenvalue weighted by Gasteiger charge is 2.51. The van der Waals surface area contributed by atoms with Gasteiger partial charge in [-0.15, -0.1) is 0 Å². The number of rotatable bonds is 16. The van der Waals surface area contributed by atoms with Gasteiger partial charge in [0.15, 0.2) is 12.4 Å². The highest BCUT2D eigenvalue weighted by atomic mass is 16.7. The highest BCUT2D eigenvalue weighted by molar-refractivity contribution is 5.90. The largest absolute Gasteiger partial charge is 0.456 e. The third-order valence-corrected chi connectivity index (χ3v) is 10.3. The molecule has 10 nitrogen and oxygen atoms in total. The molecule has 0 aromatic heterocycles. The summed E-state index contributed by atoms with van der Waals surface area (Å²) in [7, 11) is 1.57. The molecule has 290 valence electrons. The zero-order chi connectivity index (χ0) is 39.0. The van der Waals surface area contributed by atoms with Crippen LogP contribution in [-0.2, 0) is 51.1 Å². The number of methoxy groups -OCH3 is 1. The van der Waals surface area contributed by atoms with Crippen LogP contribution in [0.25, 0.3) is 0 Å². The fourth-order valence-electron chi connectivity index (χ4n) is 7.58. The number of hydrogen-bond donors (Lipinski definition) is 0. The molecule has 2 heterocycles. The first kappa shape index (κ1) is 40.8. The molecule has 5 rings (SSSR count). The molecule has 0 saturated carbocycles. The predicted octanol–water partition coefficient (Wildman–Crippen LogP) is 7.65. The molecule has 3 aromatic carbocycles. The van der Waals surface area contributed by atoms with E-state index in [1.807, 2.05) is 70.2 Å². The van der Waals surface area contributed by atoms with Gasteiger partial charge in [0, 0.05) is 45.9 Å². The Morgan fingerprint density at radius 3 is 2.04 bits per heavy atom. The number of cyclic esters (lactones) is 1. The van der Waals surface area contributed by atoms with Crippen LogP contribution in [0.4, 0.5) is 0 Å². The molecule has 3 unspecified atom stereocenters. The first-order valence-electron chi connectivity index (χ1n) is 18.8. The van der Waals surface area contributed by atoms with E-state index in [4.69, 9.17) is 28.4 Å². The summed E-state index contributed by atoms with van der Waals surface area (Å²) in [6.45, 7) is 13.7. The Labute approximate surface area is 319 Å². The molecular weight excluding hydrogens is 686 g/mol. The smallest absolute Gasteiger partial charge is 0.340 e. The third kappa shape index (κ3) is 10.0. The zero-order valence-electron chi connectivity index (χ0n) is 32.7. The Balaban J connectivity index is 1.62. The van der Waals surface area contributed by atoms with E-state index in [0.29, 0.717) is 36.4 Å². The molecule has 3 aromatic rings. The topological polar surface area (TPSA) is 110 Å². The SMILES string of the molecule is CO[C@](C)(C[C@@H](C)C=O)[C@H](O[C@@H]1OC(C)CC(N(Cc2ccccc2)Cc2ccccc2)C1OC(=O)c1ccccc1)[C@@H](C)C1=C(C)C(=O)OC(C)(C)O1. The average molecular weight is 742 g/mol. The maximum absolute atomic E-state index is 14.0. The van der Waals surface area contributed by atoms with Gasteiger partial charge in [-0.1, -0.05) is 92.7 Å². The van der Waals surface area contributed by atoms with Crippen LogP contribution in [0.5, 0.6) is 0 Å². The van der Waals surface area contributed by atoms with Crippen LogP contribution >= 0.6 is 0 Å². The van der Waals surface area contributed by atoms with E-state index in [2.05, 4.69) is 29.2 Å². The van der Waals surface area contributed by atoms with Crippen molar-refractivity contribution in [2.45, 2.75) is 116 Å². The second-order valence-electron chi connectivity index (χ2n) is 15.3. The molecule has 8 atom stereocenters. The van der Waals surface area contributed by atoms with Crippen molar-refractivity contribution in [3.05, 3.63) is 119 Å². The van der Waals surface area contributed by atoms with Crippen molar-refractivity contribution in [2.75, 3.05) is 7.11 Å². The van der Waals surface area contributed by atoms with Crippen LogP contribution in [0.3, 0.4) is 0 Å². The van der Waals surface area contributed by atoms with E-state index in [1.54, 1.807) is 52.1 Å². The van der Waals surface area contributed by atoms with Gasteiger partial charge < -0.3 is 33.2 Å². The highest BCUT2D eigenvalue weighted by Crippen LogP contribution is 2.41. The van der Waals surface area contributed by atoms with Crippen LogP contribution in [0.2, 0.25) is 0 Å². The lowest BCUT2D eigenvalue weighted by Gasteiger charge is -2.49. The number of benzene rings is 3. The molecule has 1 saturated heterocycles. The summed E-state index contributed by atoms with van der Waals surface area (Å²) < 4.78 is 38.4. The summed E-state index contributed by atoms with van der Waals surface area (Å²) in [4.78, 5) is 41.4. The van der Waals surface area contributed by atoms with Gasteiger partial charge in [0.05, 0.1) is 35.0 Å². The molecule has 2 aliphatic heterocycles. The van der Waals surface area contributed by atoms with Gasteiger partial charge in [-0.3, -0.25) is 4.90 Å². The van der Waals surface area contributed by atoms with E-state index in [9.17, 15) is 14.4 Å². The van der Waals surface area contributed by atoms with Crippen LogP contribution in [0.15, 0.2) is 102 Å². The van der Waals surface area contributed by atoms with Gasteiger partial charge in [-0.25, -0.2) is 9.59 Å². The Hall–Kier alpha value is -4.35. The fraction of sp³-hybridized carbons (Fsp3) is 0.477. The van der Waals surface area contributed by atoms with Crippen LogP contribution in [0.1, 0.15) is 82.8 Å². The minimum atomic E-state index is -1.23. The minimum Gasteiger partial charge on any atom is -0.456 e. The number of hydrogen-bond acceptors (Lipinski definition) is 10. The van der Waals surface area contributed by atoms with Crippen molar-refractivity contribution in [3.8, 4) is 0 Å². The number of aldehydes is 1. The van der Waals surface area contributed by atoms with Crippen molar-refractivity contribution in [2.24, 2.45) is 11.8 Å². The van der Waals surface area contributed by atoms with Crippen molar-refractivity contribution in [3.63, 3.8) is 0 Å². The summed E-state index contributed by atoms with van der Waals surface area (Å²) in [6.07, 6.45) is -1.45. The maximum Gasteiger partial charge on any atom is 0.340 e. The summed E-state index contributed by atoms with van der Waals surface area (Å²) in [5.41, 5.74) is 1.81. The molecule has 10 heteroatoms. The second-order valence-corrected chi connectivity index (χ2v) is 15.3. The molecule has 0 aliphatic carbocycles. The van der Waals surface area contributed by atoms with Crippen molar-refractivity contribution < 1.29 is 42.8 Å². The van der Waals surface area contributed by atoms with Crippen LogP contribution < -0.4 is 0 Å². The fourth-order valence-corrected chi connectivity index (χ4v) is 7.58. The summed E-state index contributed by atoms with van der Waals surface area (Å²) in [5, 5.41) is 0. The van der Waals surface area contributed by atoms with Crippen molar-refractivity contribution >= 4 is 18.2 Å². The lowest BCUT2D eigenvalue weighted by Crippen LogP contribution is -2.60. The number of carbonyl (C=O) groups is 3. The minimum absolute atomic E-state index is 0.288. The lowest BCUT2D eigenvalue weighted by molar-refractivity contribution is -0.299. The molecular formula is C44H55NO9. The summed E-state index contributed by atoms with van der Waals surface area (Å²) in [5.74, 6) is -2.85. The molecule has 0 N–H and O–H groups in total. The Bertz CT molecular complexity index is 1690. The number of carbonyl (C=O) groups excluding carboxylic acids is 3. The van der Waals surface area contributed by atoms with E-state index in [0.717, 1.165) is 17.4 Å². The molecule has 0 spiro atoms. The van der Waals surface area contributed by atoms with Gasteiger partial charge in [0.2, 0.25) is 5.79 Å². The van der Waals surface area contributed by atoms with Gasteiger partial charge in [-0.2, -0.15) is 0 Å². The molecule has 0 bridgehead atoms. The first-order valence-corrected chi connectivity index (χ1v) is 18.8. The van der Waals surface area contributed by atoms with Gasteiger partial charge >= 0.3 is 11.9 Å². The predicted molar refractivity (Wildman–Crippen MR) is 204 cm³/mol. The van der Waals surface area contributed by atoms with E-state index >= 15 is 0 Å². The first-order chi connectivity index (χ1) is 25.7. The Morgan fingerprint density at radius 2 is 1.50 bits per heavy atom. The zero-order valence-corrected chi connectivity index (χ0v) is 32.7.